The summed E-state index contributed by atoms with van der Waals surface area (Å²) in [5.74, 6) is -0.610. The maximum atomic E-state index is 13.8. The molecule has 1 N–H and O–H groups in total. The highest BCUT2D eigenvalue weighted by Crippen LogP contribution is 2.62. The van der Waals surface area contributed by atoms with Crippen LogP contribution in [0.5, 0.6) is 0 Å². The van der Waals surface area contributed by atoms with E-state index in [1.54, 1.807) is 0 Å². The second-order valence-corrected chi connectivity index (χ2v) is 9.26. The number of benzene rings is 2. The van der Waals surface area contributed by atoms with Crippen molar-refractivity contribution < 1.29 is 13.6 Å². The van der Waals surface area contributed by atoms with Gasteiger partial charge in [0, 0.05) is 25.5 Å². The Hall–Kier alpha value is -1.81. The van der Waals surface area contributed by atoms with Crippen LogP contribution in [0.3, 0.4) is 0 Å². The van der Waals surface area contributed by atoms with E-state index < -0.39 is 13.4 Å². The van der Waals surface area contributed by atoms with Gasteiger partial charge >= 0.3 is 7.60 Å². The molecule has 0 unspecified atom stereocenters. The predicted molar refractivity (Wildman–Crippen MR) is 114 cm³/mol. The van der Waals surface area contributed by atoms with Crippen molar-refractivity contribution in [2.75, 3.05) is 24.3 Å². The van der Waals surface area contributed by atoms with Crippen LogP contribution in [0.1, 0.15) is 39.0 Å². The number of hydrogen-bond donors (Lipinski definition) is 1. The highest BCUT2D eigenvalue weighted by molar-refractivity contribution is 7.54. The van der Waals surface area contributed by atoms with Crippen molar-refractivity contribution in [1.82, 2.24) is 0 Å². The van der Waals surface area contributed by atoms with Gasteiger partial charge in [0.25, 0.3) is 0 Å². The topological polar surface area (TPSA) is 50.8 Å². The van der Waals surface area contributed by atoms with Crippen molar-refractivity contribution in [2.24, 2.45) is 0 Å². The summed E-state index contributed by atoms with van der Waals surface area (Å²) in [5.41, 5.74) is 2.79. The van der Waals surface area contributed by atoms with E-state index in [9.17, 15) is 4.57 Å². The Morgan fingerprint density at radius 2 is 1.37 bits per heavy atom. The molecule has 27 heavy (non-hydrogen) atoms. The average Bonchev–Trinajstić information content (AvgIpc) is 2.59. The molecule has 6 heteroatoms. The Bertz CT molecular complexity index is 732. The van der Waals surface area contributed by atoms with Gasteiger partial charge in [0.15, 0.2) is 5.78 Å². The molecule has 1 atom stereocenters. The molecular weight excluding hydrogens is 359 g/mol. The zero-order chi connectivity index (χ0) is 20.0. The molecule has 0 radical (unpaired) electrons. The largest absolute Gasteiger partial charge is 0.378 e. The van der Waals surface area contributed by atoms with E-state index in [2.05, 4.69) is 5.32 Å². The van der Waals surface area contributed by atoms with Crippen LogP contribution in [0.2, 0.25) is 0 Å². The quantitative estimate of drug-likeness (QED) is 0.540. The minimum Gasteiger partial charge on any atom is -0.378 e. The third-order valence-corrected chi connectivity index (χ3v) is 6.32. The molecule has 0 amide bonds. The summed E-state index contributed by atoms with van der Waals surface area (Å²) in [5, 5.41) is 3.37. The molecule has 0 bridgehead atoms. The Labute approximate surface area is 163 Å². The first-order valence-corrected chi connectivity index (χ1v) is 10.9. The number of nitrogens with zero attached hydrogens (tertiary/aromatic N) is 1. The lowest BCUT2D eigenvalue weighted by Gasteiger charge is -2.31. The normalized spacial score (nSPS) is 13.0. The van der Waals surface area contributed by atoms with E-state index in [-0.39, 0.29) is 12.2 Å². The molecule has 0 aliphatic rings. The summed E-state index contributed by atoms with van der Waals surface area (Å²) in [6.45, 7) is 7.46. The van der Waals surface area contributed by atoms with Crippen molar-refractivity contribution in [3.05, 3.63) is 60.2 Å². The van der Waals surface area contributed by atoms with E-state index in [1.807, 2.05) is 101 Å². The van der Waals surface area contributed by atoms with Crippen LogP contribution in [0.4, 0.5) is 11.4 Å². The number of anilines is 2. The number of nitrogens with one attached hydrogen (secondary N) is 1. The van der Waals surface area contributed by atoms with Crippen LogP contribution in [0, 0.1) is 0 Å². The molecule has 0 aromatic heterocycles. The molecule has 0 heterocycles. The molecule has 148 valence electrons. The molecule has 0 aliphatic carbocycles. The summed E-state index contributed by atoms with van der Waals surface area (Å²) in [6.07, 6.45) is -0.452. The molecule has 0 fully saturated rings. The molecule has 2 aromatic carbocycles. The summed E-state index contributed by atoms with van der Waals surface area (Å²) in [7, 11) is 0.486. The second-order valence-electron chi connectivity index (χ2n) is 7.25. The fourth-order valence-corrected chi connectivity index (χ4v) is 5.04. The van der Waals surface area contributed by atoms with Gasteiger partial charge in [-0.25, -0.2) is 0 Å². The van der Waals surface area contributed by atoms with Crippen molar-refractivity contribution >= 4 is 19.0 Å². The molecule has 0 saturated heterocycles. The van der Waals surface area contributed by atoms with Crippen LogP contribution in [-0.2, 0) is 13.6 Å². The first kappa shape index (κ1) is 21.5. The maximum Gasteiger partial charge on any atom is 0.357 e. The Balaban J connectivity index is 2.47. The number of hydrogen-bond acceptors (Lipinski definition) is 5. The maximum absolute atomic E-state index is 13.8. The van der Waals surface area contributed by atoms with Crippen LogP contribution < -0.4 is 10.2 Å². The highest BCUT2D eigenvalue weighted by Gasteiger charge is 2.39. The smallest absolute Gasteiger partial charge is 0.357 e. The predicted octanol–water partition coefficient (Wildman–Crippen LogP) is 5.91. The van der Waals surface area contributed by atoms with Gasteiger partial charge in [-0.05, 0) is 57.5 Å². The number of para-hydroxylation sites is 1. The molecule has 5 nitrogen and oxygen atoms in total. The molecular formula is C21H31N2O3P. The molecule has 0 spiro atoms. The van der Waals surface area contributed by atoms with Crippen LogP contribution >= 0.6 is 7.60 Å². The lowest BCUT2D eigenvalue weighted by molar-refractivity contribution is 0.138. The third-order valence-electron chi connectivity index (χ3n) is 3.83. The van der Waals surface area contributed by atoms with Gasteiger partial charge in [-0.2, -0.15) is 0 Å². The standard InChI is InChI=1S/C21H31N2O3P/c1-16(2)25-27(24,26-17(3)4)21(22-19-10-8-7-9-11-19)18-12-14-20(15-13-18)23(5)6/h7-17,21-22H,1-6H3/t21-/m1/s1. The molecule has 2 aromatic rings. The van der Waals surface area contributed by atoms with E-state index in [1.165, 1.54) is 0 Å². The first-order valence-electron chi connectivity index (χ1n) is 9.26. The average molecular weight is 390 g/mol. The number of rotatable bonds is 9. The summed E-state index contributed by atoms with van der Waals surface area (Å²) in [4.78, 5) is 2.03. The van der Waals surface area contributed by atoms with Crippen LogP contribution in [0.15, 0.2) is 54.6 Å². The van der Waals surface area contributed by atoms with Gasteiger partial charge in [0.05, 0.1) is 12.2 Å². The van der Waals surface area contributed by atoms with E-state index >= 15 is 0 Å². The fraction of sp³-hybridized carbons (Fsp3) is 0.429. The monoisotopic (exact) mass is 390 g/mol. The van der Waals surface area contributed by atoms with E-state index in [4.69, 9.17) is 9.05 Å². The van der Waals surface area contributed by atoms with Gasteiger partial charge in [-0.1, -0.05) is 30.3 Å². The van der Waals surface area contributed by atoms with Gasteiger partial charge in [-0.3, -0.25) is 4.57 Å². The Morgan fingerprint density at radius 3 is 1.81 bits per heavy atom. The molecule has 0 aliphatic heterocycles. The van der Waals surface area contributed by atoms with E-state index in [0.29, 0.717) is 0 Å². The minimum absolute atomic E-state index is 0.226. The summed E-state index contributed by atoms with van der Waals surface area (Å²) in [6, 6.07) is 17.6. The van der Waals surface area contributed by atoms with E-state index in [0.717, 1.165) is 16.9 Å². The first-order chi connectivity index (χ1) is 12.7. The van der Waals surface area contributed by atoms with Gasteiger partial charge in [-0.15, -0.1) is 0 Å². The van der Waals surface area contributed by atoms with Crippen molar-refractivity contribution in [1.29, 1.82) is 0 Å². The van der Waals surface area contributed by atoms with Crippen molar-refractivity contribution in [3.8, 4) is 0 Å². The summed E-state index contributed by atoms with van der Waals surface area (Å²) < 4.78 is 25.6. The third kappa shape index (κ3) is 6.10. The van der Waals surface area contributed by atoms with Gasteiger partial charge in [0.2, 0.25) is 0 Å². The highest BCUT2D eigenvalue weighted by atomic mass is 31.2. The van der Waals surface area contributed by atoms with Crippen molar-refractivity contribution in [2.45, 2.75) is 45.7 Å². The Kier molecular flexibility index (Phi) is 7.49. The SMILES string of the molecule is CC(C)OP(=O)(OC(C)C)[C@@H](Nc1ccccc1)c1ccc(N(C)C)cc1. The molecule has 0 saturated carbocycles. The lowest BCUT2D eigenvalue weighted by atomic mass is 10.2. The zero-order valence-corrected chi connectivity index (χ0v) is 17.9. The lowest BCUT2D eigenvalue weighted by Crippen LogP contribution is -2.19. The second kappa shape index (κ2) is 9.41. The minimum atomic E-state index is -3.49. The van der Waals surface area contributed by atoms with Crippen LogP contribution in [-0.4, -0.2) is 26.3 Å². The Morgan fingerprint density at radius 1 is 0.852 bits per heavy atom. The molecule has 2 rings (SSSR count). The van der Waals surface area contributed by atoms with Gasteiger partial charge < -0.3 is 19.3 Å². The van der Waals surface area contributed by atoms with Crippen LogP contribution in [0.25, 0.3) is 0 Å². The van der Waals surface area contributed by atoms with Gasteiger partial charge in [0.1, 0.15) is 0 Å². The fourth-order valence-electron chi connectivity index (χ4n) is 2.73. The summed E-state index contributed by atoms with van der Waals surface area (Å²) >= 11 is 0. The van der Waals surface area contributed by atoms with Crippen molar-refractivity contribution in [3.63, 3.8) is 0 Å². The zero-order valence-electron chi connectivity index (χ0n) is 17.0.